The van der Waals surface area contributed by atoms with Crippen LogP contribution < -0.4 is 9.47 Å². The van der Waals surface area contributed by atoms with E-state index in [4.69, 9.17) is 18.9 Å². The molecule has 3 rings (SSSR count). The fourth-order valence-corrected chi connectivity index (χ4v) is 3.55. The Hall–Kier alpha value is -3.02. The summed E-state index contributed by atoms with van der Waals surface area (Å²) in [7, 11) is 3.22. The van der Waals surface area contributed by atoms with Crippen molar-refractivity contribution >= 4 is 11.9 Å². The lowest BCUT2D eigenvalue weighted by molar-refractivity contribution is -0.156. The number of methoxy groups -OCH3 is 2. The lowest BCUT2D eigenvalue weighted by Crippen LogP contribution is -2.28. The molecule has 6 nitrogen and oxygen atoms in total. The second kappa shape index (κ2) is 10.7. The zero-order valence-corrected chi connectivity index (χ0v) is 17.5. The maximum atomic E-state index is 12.4. The lowest BCUT2D eigenvalue weighted by atomic mass is 9.82. The molecule has 160 valence electrons. The first-order valence-corrected chi connectivity index (χ1v) is 10.2. The van der Waals surface area contributed by atoms with E-state index in [1.165, 1.54) is 0 Å². The molecule has 0 heterocycles. The number of rotatable bonds is 8. The molecule has 0 atom stereocenters. The van der Waals surface area contributed by atoms with Gasteiger partial charge in [-0.1, -0.05) is 24.3 Å². The quantitative estimate of drug-likeness (QED) is 0.602. The summed E-state index contributed by atoms with van der Waals surface area (Å²) < 4.78 is 21.2. The van der Waals surface area contributed by atoms with Gasteiger partial charge < -0.3 is 18.9 Å². The first-order valence-electron chi connectivity index (χ1n) is 10.2. The van der Waals surface area contributed by atoms with Crippen molar-refractivity contribution in [2.75, 3.05) is 14.2 Å². The van der Waals surface area contributed by atoms with Crippen LogP contribution in [0.3, 0.4) is 0 Å². The monoisotopic (exact) mass is 412 g/mol. The number of esters is 2. The Bertz CT molecular complexity index is 748. The zero-order valence-electron chi connectivity index (χ0n) is 17.5. The highest BCUT2D eigenvalue weighted by Crippen LogP contribution is 2.31. The van der Waals surface area contributed by atoms with Gasteiger partial charge in [-0.05, 0) is 61.1 Å². The van der Waals surface area contributed by atoms with Crippen molar-refractivity contribution in [3.8, 4) is 11.5 Å². The van der Waals surface area contributed by atoms with Crippen molar-refractivity contribution in [3.63, 3.8) is 0 Å². The number of ether oxygens (including phenoxy) is 4. The Morgan fingerprint density at radius 1 is 0.667 bits per heavy atom. The van der Waals surface area contributed by atoms with Gasteiger partial charge in [-0.25, -0.2) is 0 Å². The Labute approximate surface area is 177 Å². The molecule has 6 heteroatoms. The summed E-state index contributed by atoms with van der Waals surface area (Å²) in [4.78, 5) is 24.7. The van der Waals surface area contributed by atoms with Crippen molar-refractivity contribution in [1.29, 1.82) is 0 Å². The largest absolute Gasteiger partial charge is 0.497 e. The Balaban J connectivity index is 1.38. The SMILES string of the molecule is COc1ccc(COC(=O)C2CCC(C(=O)OCc3ccc(OC)cc3)CC2)cc1. The third-order valence-corrected chi connectivity index (χ3v) is 5.47. The summed E-state index contributed by atoms with van der Waals surface area (Å²) in [6, 6.07) is 14.9. The highest BCUT2D eigenvalue weighted by Gasteiger charge is 2.31. The van der Waals surface area contributed by atoms with E-state index in [2.05, 4.69) is 0 Å². The second-order valence-electron chi connectivity index (χ2n) is 7.46. The molecule has 1 fully saturated rings. The van der Waals surface area contributed by atoms with Gasteiger partial charge >= 0.3 is 11.9 Å². The maximum Gasteiger partial charge on any atom is 0.309 e. The molecule has 2 aromatic rings. The topological polar surface area (TPSA) is 71.1 Å². The van der Waals surface area contributed by atoms with E-state index < -0.39 is 0 Å². The predicted molar refractivity (Wildman–Crippen MR) is 111 cm³/mol. The van der Waals surface area contributed by atoms with Crippen LogP contribution in [0.15, 0.2) is 48.5 Å². The van der Waals surface area contributed by atoms with Crippen molar-refractivity contribution < 1.29 is 28.5 Å². The summed E-state index contributed by atoms with van der Waals surface area (Å²) in [5, 5.41) is 0. The molecule has 1 aliphatic rings. The number of hydrogen-bond acceptors (Lipinski definition) is 6. The van der Waals surface area contributed by atoms with Crippen LogP contribution in [0.5, 0.6) is 11.5 Å². The van der Waals surface area contributed by atoms with Gasteiger partial charge in [0.25, 0.3) is 0 Å². The van der Waals surface area contributed by atoms with Crippen molar-refractivity contribution in [3.05, 3.63) is 59.7 Å². The Morgan fingerprint density at radius 3 is 1.30 bits per heavy atom. The van der Waals surface area contributed by atoms with Gasteiger partial charge in [0, 0.05) is 0 Å². The number of carbonyl (C=O) groups excluding carboxylic acids is 2. The Kier molecular flexibility index (Phi) is 7.71. The van der Waals surface area contributed by atoms with Crippen LogP contribution >= 0.6 is 0 Å². The van der Waals surface area contributed by atoms with E-state index in [0.29, 0.717) is 25.7 Å². The average Bonchev–Trinajstić information content (AvgIpc) is 2.81. The minimum absolute atomic E-state index is 0.158. The van der Waals surface area contributed by atoms with Crippen LogP contribution in [0.25, 0.3) is 0 Å². The van der Waals surface area contributed by atoms with E-state index >= 15 is 0 Å². The number of carbonyl (C=O) groups is 2. The summed E-state index contributed by atoms with van der Waals surface area (Å²) in [5.41, 5.74) is 1.83. The molecule has 0 spiro atoms. The molecule has 1 aliphatic carbocycles. The van der Waals surface area contributed by atoms with Crippen molar-refractivity contribution in [2.24, 2.45) is 11.8 Å². The Morgan fingerprint density at radius 2 is 1.00 bits per heavy atom. The molecule has 0 amide bonds. The van der Waals surface area contributed by atoms with E-state index in [9.17, 15) is 9.59 Å². The molecule has 30 heavy (non-hydrogen) atoms. The standard InChI is InChI=1S/C24H28O6/c1-27-21-11-3-17(4-12-21)15-29-23(25)19-7-9-20(10-8-19)24(26)30-16-18-5-13-22(28-2)14-6-18/h3-6,11-14,19-20H,7-10,15-16H2,1-2H3. The van der Waals surface area contributed by atoms with Crippen LogP contribution in [-0.2, 0) is 32.3 Å². The number of benzene rings is 2. The lowest BCUT2D eigenvalue weighted by Gasteiger charge is -2.26. The van der Waals surface area contributed by atoms with Gasteiger partial charge in [0.2, 0.25) is 0 Å². The predicted octanol–water partition coefficient (Wildman–Crippen LogP) is 4.30. The van der Waals surface area contributed by atoms with Crippen molar-refractivity contribution in [1.82, 2.24) is 0 Å². The minimum Gasteiger partial charge on any atom is -0.497 e. The third-order valence-electron chi connectivity index (χ3n) is 5.47. The van der Waals surface area contributed by atoms with Gasteiger partial charge in [0.05, 0.1) is 26.1 Å². The van der Waals surface area contributed by atoms with Gasteiger partial charge in [-0.2, -0.15) is 0 Å². The summed E-state index contributed by atoms with van der Waals surface area (Å²) >= 11 is 0. The minimum atomic E-state index is -0.198. The first-order chi connectivity index (χ1) is 14.6. The molecule has 1 saturated carbocycles. The fraction of sp³-hybridized carbons (Fsp3) is 0.417. The molecule has 0 N–H and O–H groups in total. The highest BCUT2D eigenvalue weighted by molar-refractivity contribution is 5.75. The van der Waals surface area contributed by atoms with E-state index in [1.54, 1.807) is 14.2 Å². The molecule has 0 unspecified atom stereocenters. The number of hydrogen-bond donors (Lipinski definition) is 0. The van der Waals surface area contributed by atoms with Crippen molar-refractivity contribution in [2.45, 2.75) is 38.9 Å². The average molecular weight is 412 g/mol. The van der Waals surface area contributed by atoms with Crippen LogP contribution in [-0.4, -0.2) is 26.2 Å². The molecular weight excluding hydrogens is 384 g/mol. The highest BCUT2D eigenvalue weighted by atomic mass is 16.5. The van der Waals surface area contributed by atoms with E-state index in [0.717, 1.165) is 22.6 Å². The van der Waals surface area contributed by atoms with Crippen LogP contribution in [0.4, 0.5) is 0 Å². The fourth-order valence-electron chi connectivity index (χ4n) is 3.55. The normalized spacial score (nSPS) is 18.3. The second-order valence-corrected chi connectivity index (χ2v) is 7.46. The molecule has 0 radical (unpaired) electrons. The molecule has 0 aromatic heterocycles. The van der Waals surface area contributed by atoms with Gasteiger partial charge in [0.15, 0.2) is 0 Å². The molecule has 0 saturated heterocycles. The third kappa shape index (κ3) is 5.99. The molecule has 0 bridgehead atoms. The smallest absolute Gasteiger partial charge is 0.309 e. The summed E-state index contributed by atoms with van der Waals surface area (Å²) in [6.45, 7) is 0.485. The van der Waals surface area contributed by atoms with Gasteiger partial charge in [-0.3, -0.25) is 9.59 Å². The zero-order chi connectivity index (χ0) is 21.3. The van der Waals surface area contributed by atoms with E-state index in [-0.39, 0.29) is 37.0 Å². The van der Waals surface area contributed by atoms with Crippen LogP contribution in [0.2, 0.25) is 0 Å². The van der Waals surface area contributed by atoms with Gasteiger partial charge in [-0.15, -0.1) is 0 Å². The van der Waals surface area contributed by atoms with Gasteiger partial charge in [0.1, 0.15) is 24.7 Å². The molecule has 0 aliphatic heterocycles. The van der Waals surface area contributed by atoms with E-state index in [1.807, 2.05) is 48.5 Å². The van der Waals surface area contributed by atoms with Crippen LogP contribution in [0, 0.1) is 11.8 Å². The summed E-state index contributed by atoms with van der Waals surface area (Å²) in [6.07, 6.45) is 2.57. The first kappa shape index (κ1) is 21.7. The molecule has 2 aromatic carbocycles. The van der Waals surface area contributed by atoms with Crippen LogP contribution in [0.1, 0.15) is 36.8 Å². The summed E-state index contributed by atoms with van der Waals surface area (Å²) in [5.74, 6) is 0.819. The maximum absolute atomic E-state index is 12.4. The molecular formula is C24H28O6.